The first-order valence-corrected chi connectivity index (χ1v) is 8.34. The van der Waals surface area contributed by atoms with Gasteiger partial charge in [-0.05, 0) is 31.7 Å². The molecule has 1 rings (SSSR count). The van der Waals surface area contributed by atoms with Crippen LogP contribution in [0.4, 0.5) is 0 Å². The van der Waals surface area contributed by atoms with E-state index in [2.05, 4.69) is 18.7 Å². The molecule has 0 aromatic carbocycles. The lowest BCUT2D eigenvalue weighted by Crippen LogP contribution is -2.37. The molecule has 0 aromatic rings. The highest BCUT2D eigenvalue weighted by Crippen LogP contribution is 2.24. The van der Waals surface area contributed by atoms with Gasteiger partial charge in [0.15, 0.2) is 0 Å². The first-order valence-electron chi connectivity index (χ1n) is 6.63. The number of hydrogen-bond donors (Lipinski definition) is 1. The van der Waals surface area contributed by atoms with Crippen molar-refractivity contribution in [2.45, 2.75) is 52.0 Å². The molecule has 0 radical (unpaired) electrons. The Labute approximate surface area is 106 Å². The maximum absolute atomic E-state index is 10.9. The number of nitrogens with two attached hydrogens (primary N) is 1. The molecule has 0 spiro atoms. The van der Waals surface area contributed by atoms with Gasteiger partial charge in [-0.25, -0.2) is 13.6 Å². The van der Waals surface area contributed by atoms with Gasteiger partial charge in [-0.1, -0.05) is 26.7 Å². The normalized spacial score (nSPS) is 18.4. The molecule has 0 aliphatic heterocycles. The Bertz CT molecular complexity index is 308. The van der Waals surface area contributed by atoms with E-state index >= 15 is 0 Å². The third kappa shape index (κ3) is 6.38. The summed E-state index contributed by atoms with van der Waals surface area (Å²) in [6, 6.07) is 0.665. The predicted octanol–water partition coefficient (Wildman–Crippen LogP) is 1.57. The Balaban J connectivity index is 2.40. The molecule has 0 aromatic heterocycles. The van der Waals surface area contributed by atoms with Crippen LogP contribution in [-0.4, -0.2) is 38.2 Å². The van der Waals surface area contributed by atoms with E-state index < -0.39 is 10.0 Å². The van der Waals surface area contributed by atoms with E-state index in [-0.39, 0.29) is 5.75 Å². The number of hydrogen-bond acceptors (Lipinski definition) is 3. The molecule has 0 unspecified atom stereocenters. The monoisotopic (exact) mass is 262 g/mol. The smallest absolute Gasteiger partial charge is 0.209 e. The molecule has 17 heavy (non-hydrogen) atoms. The SMILES string of the molecule is CC(C)CN(CCCS(N)(=O)=O)C1CCCC1. The number of sulfonamides is 1. The molecule has 0 saturated heterocycles. The highest BCUT2D eigenvalue weighted by Gasteiger charge is 2.22. The summed E-state index contributed by atoms with van der Waals surface area (Å²) in [5, 5.41) is 5.03. The lowest BCUT2D eigenvalue weighted by atomic mass is 10.1. The van der Waals surface area contributed by atoms with Crippen molar-refractivity contribution in [2.75, 3.05) is 18.8 Å². The Morgan fingerprint density at radius 2 is 1.88 bits per heavy atom. The van der Waals surface area contributed by atoms with E-state index in [9.17, 15) is 8.42 Å². The third-order valence-electron chi connectivity index (χ3n) is 3.31. The lowest BCUT2D eigenvalue weighted by molar-refractivity contribution is 0.177. The summed E-state index contributed by atoms with van der Waals surface area (Å²) < 4.78 is 21.8. The van der Waals surface area contributed by atoms with Crippen LogP contribution in [0.25, 0.3) is 0 Å². The summed E-state index contributed by atoms with van der Waals surface area (Å²) in [5.41, 5.74) is 0. The zero-order chi connectivity index (χ0) is 12.9. The molecule has 102 valence electrons. The first kappa shape index (κ1) is 14.9. The van der Waals surface area contributed by atoms with Crippen LogP contribution in [0.5, 0.6) is 0 Å². The van der Waals surface area contributed by atoms with Crippen molar-refractivity contribution in [2.24, 2.45) is 11.1 Å². The molecule has 5 heteroatoms. The molecule has 2 N–H and O–H groups in total. The van der Waals surface area contributed by atoms with E-state index in [1.54, 1.807) is 0 Å². The Morgan fingerprint density at radius 3 is 2.35 bits per heavy atom. The van der Waals surface area contributed by atoms with E-state index in [1.165, 1.54) is 25.7 Å². The summed E-state index contributed by atoms with van der Waals surface area (Å²) in [4.78, 5) is 2.46. The van der Waals surface area contributed by atoms with E-state index in [0.29, 0.717) is 18.4 Å². The van der Waals surface area contributed by atoms with Gasteiger partial charge in [0.1, 0.15) is 0 Å². The van der Waals surface area contributed by atoms with Crippen molar-refractivity contribution in [3.63, 3.8) is 0 Å². The largest absolute Gasteiger partial charge is 0.300 e. The zero-order valence-electron chi connectivity index (χ0n) is 11.1. The van der Waals surface area contributed by atoms with Crippen molar-refractivity contribution < 1.29 is 8.42 Å². The van der Waals surface area contributed by atoms with Crippen LogP contribution in [0.15, 0.2) is 0 Å². The molecule has 4 nitrogen and oxygen atoms in total. The van der Waals surface area contributed by atoms with Gasteiger partial charge in [-0.2, -0.15) is 0 Å². The van der Waals surface area contributed by atoms with Gasteiger partial charge in [-0.3, -0.25) is 0 Å². The number of primary sulfonamides is 1. The minimum atomic E-state index is -3.30. The topological polar surface area (TPSA) is 63.4 Å². The molecule has 0 bridgehead atoms. The summed E-state index contributed by atoms with van der Waals surface area (Å²) in [7, 11) is -3.30. The molecule has 1 fully saturated rings. The highest BCUT2D eigenvalue weighted by atomic mass is 32.2. The van der Waals surface area contributed by atoms with Crippen LogP contribution >= 0.6 is 0 Å². The average Bonchev–Trinajstić information content (AvgIpc) is 2.66. The van der Waals surface area contributed by atoms with Crippen molar-refractivity contribution in [1.82, 2.24) is 4.90 Å². The van der Waals surface area contributed by atoms with E-state index in [4.69, 9.17) is 5.14 Å². The zero-order valence-corrected chi connectivity index (χ0v) is 11.9. The van der Waals surface area contributed by atoms with Gasteiger partial charge in [0.05, 0.1) is 5.75 Å². The second kappa shape index (κ2) is 6.71. The van der Waals surface area contributed by atoms with Crippen LogP contribution in [0, 0.1) is 5.92 Å². The fraction of sp³-hybridized carbons (Fsp3) is 1.00. The fourth-order valence-electron chi connectivity index (χ4n) is 2.63. The minimum absolute atomic E-state index is 0.105. The predicted molar refractivity (Wildman–Crippen MR) is 71.3 cm³/mol. The number of rotatable bonds is 7. The third-order valence-corrected chi connectivity index (χ3v) is 4.17. The lowest BCUT2D eigenvalue weighted by Gasteiger charge is -2.30. The molecule has 1 saturated carbocycles. The Kier molecular flexibility index (Phi) is 5.89. The van der Waals surface area contributed by atoms with Crippen molar-refractivity contribution in [3.05, 3.63) is 0 Å². The summed E-state index contributed by atoms with van der Waals surface area (Å²) in [6.07, 6.45) is 5.81. The van der Waals surface area contributed by atoms with Crippen LogP contribution in [0.3, 0.4) is 0 Å². The molecule has 1 aliphatic rings. The van der Waals surface area contributed by atoms with Gasteiger partial charge in [0.25, 0.3) is 0 Å². The number of nitrogens with zero attached hydrogens (tertiary/aromatic N) is 1. The molecular formula is C12H26N2O2S. The second-order valence-electron chi connectivity index (χ2n) is 5.55. The summed E-state index contributed by atoms with van der Waals surface area (Å²) in [6.45, 7) is 6.35. The van der Waals surface area contributed by atoms with Gasteiger partial charge in [0, 0.05) is 12.6 Å². The Morgan fingerprint density at radius 1 is 1.29 bits per heavy atom. The van der Waals surface area contributed by atoms with Crippen molar-refractivity contribution in [3.8, 4) is 0 Å². The van der Waals surface area contributed by atoms with Gasteiger partial charge in [-0.15, -0.1) is 0 Å². The van der Waals surface area contributed by atoms with Gasteiger partial charge >= 0.3 is 0 Å². The Hall–Kier alpha value is -0.130. The molecule has 0 amide bonds. The van der Waals surface area contributed by atoms with Crippen LogP contribution in [0.1, 0.15) is 46.0 Å². The minimum Gasteiger partial charge on any atom is -0.300 e. The van der Waals surface area contributed by atoms with Crippen LogP contribution in [-0.2, 0) is 10.0 Å². The molecular weight excluding hydrogens is 236 g/mol. The second-order valence-corrected chi connectivity index (χ2v) is 7.28. The maximum atomic E-state index is 10.9. The summed E-state index contributed by atoms with van der Waals surface area (Å²) in [5.74, 6) is 0.735. The average molecular weight is 262 g/mol. The van der Waals surface area contributed by atoms with E-state index in [0.717, 1.165) is 13.1 Å². The van der Waals surface area contributed by atoms with Crippen molar-refractivity contribution in [1.29, 1.82) is 0 Å². The molecule has 0 heterocycles. The van der Waals surface area contributed by atoms with Gasteiger partial charge < -0.3 is 4.90 Å². The highest BCUT2D eigenvalue weighted by molar-refractivity contribution is 7.89. The summed E-state index contributed by atoms with van der Waals surface area (Å²) >= 11 is 0. The maximum Gasteiger partial charge on any atom is 0.209 e. The van der Waals surface area contributed by atoms with E-state index in [1.807, 2.05) is 0 Å². The van der Waals surface area contributed by atoms with Crippen LogP contribution < -0.4 is 5.14 Å². The van der Waals surface area contributed by atoms with Crippen molar-refractivity contribution >= 4 is 10.0 Å². The standard InChI is InChI=1S/C12H26N2O2S/c1-11(2)10-14(12-6-3-4-7-12)8-5-9-17(13,15)16/h11-12H,3-10H2,1-2H3,(H2,13,15,16). The molecule has 1 aliphatic carbocycles. The van der Waals surface area contributed by atoms with Crippen LogP contribution in [0.2, 0.25) is 0 Å². The molecule has 0 atom stereocenters. The van der Waals surface area contributed by atoms with Gasteiger partial charge in [0.2, 0.25) is 10.0 Å². The fourth-order valence-corrected chi connectivity index (χ4v) is 3.16. The first-order chi connectivity index (χ1) is 7.88. The quantitative estimate of drug-likeness (QED) is 0.757.